The average molecular weight is 342 g/mol. The second-order valence-corrected chi connectivity index (χ2v) is 5.64. The summed E-state index contributed by atoms with van der Waals surface area (Å²) < 4.78 is 26.7. The van der Waals surface area contributed by atoms with Gasteiger partial charge in [-0.05, 0) is 25.1 Å². The third-order valence-electron chi connectivity index (χ3n) is 3.94. The van der Waals surface area contributed by atoms with Crippen LogP contribution in [-0.4, -0.2) is 33.7 Å². The molecule has 3 heterocycles. The molecule has 1 aromatic carbocycles. The normalized spacial score (nSPS) is 17.5. The highest BCUT2D eigenvalue weighted by molar-refractivity contribution is 5.99. The molecule has 0 saturated carbocycles. The summed E-state index contributed by atoms with van der Waals surface area (Å²) in [6, 6.07) is 5.89. The fourth-order valence-corrected chi connectivity index (χ4v) is 2.71. The molecule has 0 aliphatic carbocycles. The van der Waals surface area contributed by atoms with Gasteiger partial charge in [-0.3, -0.25) is 4.79 Å². The number of carbonyl (C=O) groups is 1. The second kappa shape index (κ2) is 6.04. The number of hydrogen-bond acceptors (Lipinski definition) is 5. The molecule has 2 bridgehead atoms. The standard InChI is InChI=1S/C17H15FN4O3/c1-10-12-8-11(18)2-3-14(12)24-7-5-19-17(23)13-9-20-22-6-4-15(25-10)21-16(13)22/h2-4,6,8-10H,5,7H2,1H3,(H,19,23). The summed E-state index contributed by atoms with van der Waals surface area (Å²) in [5.74, 6) is 0.141. The molecule has 1 unspecified atom stereocenters. The number of ether oxygens (including phenoxy) is 2. The van der Waals surface area contributed by atoms with Crippen molar-refractivity contribution >= 4 is 11.6 Å². The van der Waals surface area contributed by atoms with Crippen LogP contribution in [0.4, 0.5) is 4.39 Å². The van der Waals surface area contributed by atoms with Gasteiger partial charge < -0.3 is 14.8 Å². The van der Waals surface area contributed by atoms with Crippen molar-refractivity contribution in [1.82, 2.24) is 19.9 Å². The Kier molecular flexibility index (Phi) is 3.72. The fraction of sp³-hybridized carbons (Fsp3) is 0.235. The van der Waals surface area contributed by atoms with E-state index in [1.807, 2.05) is 0 Å². The van der Waals surface area contributed by atoms with Crippen LogP contribution >= 0.6 is 0 Å². The van der Waals surface area contributed by atoms with Crippen LogP contribution < -0.4 is 14.8 Å². The van der Waals surface area contributed by atoms with Crippen LogP contribution in [0.3, 0.4) is 0 Å². The van der Waals surface area contributed by atoms with Gasteiger partial charge in [-0.2, -0.15) is 10.1 Å². The number of amides is 1. The number of carbonyl (C=O) groups excluding carboxylic acids is 1. The minimum Gasteiger partial charge on any atom is -0.491 e. The van der Waals surface area contributed by atoms with E-state index in [0.717, 1.165) is 0 Å². The molecule has 1 amide bonds. The van der Waals surface area contributed by atoms with E-state index >= 15 is 0 Å². The summed E-state index contributed by atoms with van der Waals surface area (Å²) in [5.41, 5.74) is 1.31. The predicted octanol–water partition coefficient (Wildman–Crippen LogP) is 2.13. The summed E-state index contributed by atoms with van der Waals surface area (Å²) in [6.45, 7) is 2.32. The summed E-state index contributed by atoms with van der Waals surface area (Å²) in [5, 5.41) is 6.86. The molecule has 3 aromatic rings. The third-order valence-corrected chi connectivity index (χ3v) is 3.94. The van der Waals surface area contributed by atoms with Gasteiger partial charge in [-0.25, -0.2) is 8.91 Å². The lowest BCUT2D eigenvalue weighted by atomic mass is 10.1. The van der Waals surface area contributed by atoms with Gasteiger partial charge in [-0.1, -0.05) is 0 Å². The Balaban J connectivity index is 1.80. The average Bonchev–Trinajstić information content (AvgIpc) is 3.02. The molecule has 1 N–H and O–H groups in total. The van der Waals surface area contributed by atoms with Crippen LogP contribution in [0.5, 0.6) is 11.6 Å². The van der Waals surface area contributed by atoms with Crippen LogP contribution in [0.2, 0.25) is 0 Å². The number of nitrogens with zero attached hydrogens (tertiary/aromatic N) is 3. The minimum atomic E-state index is -0.489. The first-order chi connectivity index (χ1) is 12.1. The second-order valence-electron chi connectivity index (χ2n) is 5.64. The van der Waals surface area contributed by atoms with Crippen molar-refractivity contribution in [2.45, 2.75) is 13.0 Å². The highest BCUT2D eigenvalue weighted by Gasteiger charge is 2.19. The minimum absolute atomic E-state index is 0.243. The Morgan fingerprint density at radius 3 is 3.12 bits per heavy atom. The molecule has 1 aliphatic heterocycles. The maximum atomic E-state index is 13.7. The lowest BCUT2D eigenvalue weighted by molar-refractivity contribution is 0.0948. The molecule has 0 spiro atoms. The van der Waals surface area contributed by atoms with Gasteiger partial charge in [0.2, 0.25) is 5.88 Å². The molecular formula is C17H15FN4O3. The number of nitrogens with one attached hydrogen (secondary N) is 1. The highest BCUT2D eigenvalue weighted by atomic mass is 19.1. The molecule has 7 nitrogen and oxygen atoms in total. The zero-order valence-electron chi connectivity index (χ0n) is 13.4. The smallest absolute Gasteiger partial charge is 0.256 e. The van der Waals surface area contributed by atoms with E-state index in [1.165, 1.54) is 22.8 Å². The molecule has 2 aromatic heterocycles. The van der Waals surface area contributed by atoms with E-state index in [1.54, 1.807) is 25.3 Å². The van der Waals surface area contributed by atoms with Crippen LogP contribution in [0.15, 0.2) is 36.7 Å². The summed E-state index contributed by atoms with van der Waals surface area (Å²) in [4.78, 5) is 16.7. The highest BCUT2D eigenvalue weighted by Crippen LogP contribution is 2.29. The molecule has 25 heavy (non-hydrogen) atoms. The molecule has 8 heteroatoms. The number of benzene rings is 1. The van der Waals surface area contributed by atoms with E-state index in [9.17, 15) is 9.18 Å². The Labute approximate surface area is 142 Å². The summed E-state index contributed by atoms with van der Waals surface area (Å²) in [7, 11) is 0. The van der Waals surface area contributed by atoms with E-state index in [0.29, 0.717) is 34.9 Å². The van der Waals surface area contributed by atoms with Crippen molar-refractivity contribution in [3.05, 3.63) is 53.6 Å². The van der Waals surface area contributed by atoms with Crippen molar-refractivity contribution < 1.29 is 18.7 Å². The van der Waals surface area contributed by atoms with Crippen molar-refractivity contribution in [2.75, 3.05) is 13.2 Å². The number of halogens is 1. The van der Waals surface area contributed by atoms with Crippen molar-refractivity contribution in [2.24, 2.45) is 0 Å². The summed E-state index contributed by atoms with van der Waals surface area (Å²) >= 11 is 0. The van der Waals surface area contributed by atoms with Gasteiger partial charge in [0.15, 0.2) is 5.65 Å². The summed E-state index contributed by atoms with van der Waals surface area (Å²) in [6.07, 6.45) is 2.62. The van der Waals surface area contributed by atoms with Gasteiger partial charge >= 0.3 is 0 Å². The monoisotopic (exact) mass is 342 g/mol. The zero-order chi connectivity index (χ0) is 17.4. The SMILES string of the molecule is CC1Oc2ccn3ncc(c3n2)C(=O)NCCOc2ccc(F)cc21. The molecule has 0 saturated heterocycles. The molecule has 1 aliphatic rings. The Bertz CT molecular complexity index is 956. The van der Waals surface area contributed by atoms with Crippen LogP contribution in [0.1, 0.15) is 28.9 Å². The molecular weight excluding hydrogens is 327 g/mol. The molecule has 128 valence electrons. The number of hydrogen-bond donors (Lipinski definition) is 1. The molecule has 1 atom stereocenters. The first-order valence-electron chi connectivity index (χ1n) is 7.83. The lowest BCUT2D eigenvalue weighted by Crippen LogP contribution is -2.28. The first kappa shape index (κ1) is 15.4. The van der Waals surface area contributed by atoms with Crippen LogP contribution in [0, 0.1) is 5.82 Å². The van der Waals surface area contributed by atoms with E-state index < -0.39 is 6.10 Å². The number of rotatable bonds is 0. The van der Waals surface area contributed by atoms with E-state index in [2.05, 4.69) is 15.4 Å². The first-order valence-corrected chi connectivity index (χ1v) is 7.83. The molecule has 4 rings (SSSR count). The van der Waals surface area contributed by atoms with Crippen molar-refractivity contribution in [3.8, 4) is 11.6 Å². The Morgan fingerprint density at radius 2 is 2.24 bits per heavy atom. The zero-order valence-corrected chi connectivity index (χ0v) is 13.4. The molecule has 0 fully saturated rings. The topological polar surface area (TPSA) is 77.8 Å². The maximum absolute atomic E-state index is 13.7. The van der Waals surface area contributed by atoms with Gasteiger partial charge in [-0.15, -0.1) is 0 Å². The van der Waals surface area contributed by atoms with Gasteiger partial charge in [0.1, 0.15) is 29.8 Å². The number of fused-ring (bicyclic) bond motifs is 2. The molecule has 0 radical (unpaired) electrons. The largest absolute Gasteiger partial charge is 0.491 e. The van der Waals surface area contributed by atoms with Gasteiger partial charge in [0, 0.05) is 17.8 Å². The van der Waals surface area contributed by atoms with Crippen LogP contribution in [0.25, 0.3) is 5.65 Å². The fourth-order valence-electron chi connectivity index (χ4n) is 2.71. The van der Waals surface area contributed by atoms with Gasteiger partial charge in [0.05, 0.1) is 12.7 Å². The quantitative estimate of drug-likeness (QED) is 0.677. The lowest BCUT2D eigenvalue weighted by Gasteiger charge is -2.18. The van der Waals surface area contributed by atoms with Crippen molar-refractivity contribution in [1.29, 1.82) is 0 Å². The number of aromatic nitrogens is 3. The third kappa shape index (κ3) is 2.86. The van der Waals surface area contributed by atoms with Crippen molar-refractivity contribution in [3.63, 3.8) is 0 Å². The van der Waals surface area contributed by atoms with Gasteiger partial charge in [0.25, 0.3) is 5.91 Å². The Hall–Kier alpha value is -3.16. The van der Waals surface area contributed by atoms with E-state index in [4.69, 9.17) is 9.47 Å². The van der Waals surface area contributed by atoms with Crippen LogP contribution in [-0.2, 0) is 0 Å². The Morgan fingerprint density at radius 1 is 1.36 bits per heavy atom. The predicted molar refractivity (Wildman–Crippen MR) is 86.3 cm³/mol. The van der Waals surface area contributed by atoms with E-state index in [-0.39, 0.29) is 18.3 Å². The maximum Gasteiger partial charge on any atom is 0.256 e.